The first-order valence-electron chi connectivity index (χ1n) is 5.68. The van der Waals surface area contributed by atoms with E-state index in [2.05, 4.69) is 19.1 Å². The summed E-state index contributed by atoms with van der Waals surface area (Å²) in [7, 11) is 1.40. The van der Waals surface area contributed by atoms with Crippen molar-refractivity contribution in [2.45, 2.75) is 22.4 Å². The quantitative estimate of drug-likeness (QED) is 0.782. The van der Waals surface area contributed by atoms with Crippen molar-refractivity contribution in [2.24, 2.45) is 0 Å². The zero-order valence-corrected chi connectivity index (χ0v) is 11.9. The fourth-order valence-electron chi connectivity index (χ4n) is 1.52. The summed E-state index contributed by atoms with van der Waals surface area (Å²) < 4.78 is 5.96. The second-order valence-corrected chi connectivity index (χ2v) is 6.24. The predicted octanol–water partition coefficient (Wildman–Crippen LogP) is 4.25. The Bertz CT molecular complexity index is 546. The van der Waals surface area contributed by atoms with Crippen LogP contribution in [0.25, 0.3) is 0 Å². The van der Waals surface area contributed by atoms with Gasteiger partial charge in [-0.2, -0.15) is 0 Å². The summed E-state index contributed by atoms with van der Waals surface area (Å²) in [6, 6.07) is 11.8. The van der Waals surface area contributed by atoms with Gasteiger partial charge in [0.1, 0.15) is 0 Å². The fraction of sp³-hybridized carbons (Fsp3) is 0.214. The lowest BCUT2D eigenvalue weighted by atomic mass is 10.2. The van der Waals surface area contributed by atoms with E-state index in [1.807, 2.05) is 18.2 Å². The van der Waals surface area contributed by atoms with E-state index >= 15 is 0 Å². The van der Waals surface area contributed by atoms with Crippen LogP contribution in [0.3, 0.4) is 0 Å². The molecule has 0 radical (unpaired) electrons. The van der Waals surface area contributed by atoms with Gasteiger partial charge in [-0.1, -0.05) is 24.8 Å². The van der Waals surface area contributed by atoms with Crippen LogP contribution in [-0.2, 0) is 11.2 Å². The van der Waals surface area contributed by atoms with Crippen molar-refractivity contribution < 1.29 is 9.53 Å². The number of carbonyl (C=O) groups excluding carboxylic acids is 1. The number of hydrogen-bond acceptors (Lipinski definition) is 4. The van der Waals surface area contributed by atoms with Crippen LogP contribution in [0, 0.1) is 0 Å². The van der Waals surface area contributed by atoms with Gasteiger partial charge in [0, 0.05) is 9.77 Å². The first-order valence-corrected chi connectivity index (χ1v) is 7.31. The van der Waals surface area contributed by atoms with E-state index in [1.165, 1.54) is 16.2 Å². The van der Waals surface area contributed by atoms with Crippen molar-refractivity contribution in [1.82, 2.24) is 0 Å². The van der Waals surface area contributed by atoms with Gasteiger partial charge in [0.25, 0.3) is 0 Å². The number of thiophene rings is 1. The molecular formula is C14H14O2S2. The molecular weight excluding hydrogens is 264 g/mol. The van der Waals surface area contributed by atoms with Crippen LogP contribution >= 0.6 is 23.1 Å². The van der Waals surface area contributed by atoms with Gasteiger partial charge in [0.15, 0.2) is 0 Å². The molecule has 2 nitrogen and oxygen atoms in total. The summed E-state index contributed by atoms with van der Waals surface area (Å²) in [4.78, 5) is 13.9. The summed E-state index contributed by atoms with van der Waals surface area (Å²) in [6.07, 6.45) is 1.06. The van der Waals surface area contributed by atoms with Gasteiger partial charge in [-0.25, -0.2) is 4.79 Å². The molecule has 0 saturated heterocycles. The van der Waals surface area contributed by atoms with Crippen LogP contribution in [0.15, 0.2) is 45.5 Å². The van der Waals surface area contributed by atoms with E-state index in [0.717, 1.165) is 11.3 Å². The lowest BCUT2D eigenvalue weighted by Gasteiger charge is -2.02. The van der Waals surface area contributed by atoms with Crippen LogP contribution in [-0.4, -0.2) is 13.1 Å². The maximum atomic E-state index is 11.4. The molecule has 0 aliphatic heterocycles. The topological polar surface area (TPSA) is 26.3 Å². The molecule has 0 aliphatic carbocycles. The van der Waals surface area contributed by atoms with Crippen molar-refractivity contribution in [3.05, 3.63) is 46.8 Å². The Morgan fingerprint density at radius 2 is 2.17 bits per heavy atom. The maximum Gasteiger partial charge on any atom is 0.337 e. The molecule has 0 amide bonds. The molecule has 0 saturated carbocycles. The fourth-order valence-corrected chi connectivity index (χ4v) is 3.68. The third-order valence-electron chi connectivity index (χ3n) is 2.46. The summed E-state index contributed by atoms with van der Waals surface area (Å²) in [5.41, 5.74) is 0.592. The lowest BCUT2D eigenvalue weighted by molar-refractivity contribution is 0.0600. The molecule has 18 heavy (non-hydrogen) atoms. The number of aryl methyl sites for hydroxylation is 1. The van der Waals surface area contributed by atoms with E-state index in [-0.39, 0.29) is 5.97 Å². The van der Waals surface area contributed by atoms with Crippen molar-refractivity contribution >= 4 is 29.1 Å². The summed E-state index contributed by atoms with van der Waals surface area (Å²) in [5.74, 6) is -0.294. The Hall–Kier alpha value is -1.26. The van der Waals surface area contributed by atoms with Gasteiger partial charge in [-0.3, -0.25) is 0 Å². The SMILES string of the molecule is CCc1ccc(Sc2cccc(C(=O)OC)c2)s1. The Morgan fingerprint density at radius 1 is 1.33 bits per heavy atom. The van der Waals surface area contributed by atoms with Gasteiger partial charge in [-0.05, 0) is 36.8 Å². The second-order valence-electron chi connectivity index (χ2n) is 3.70. The third-order valence-corrected chi connectivity index (χ3v) is 4.81. The van der Waals surface area contributed by atoms with E-state index in [4.69, 9.17) is 4.74 Å². The van der Waals surface area contributed by atoms with E-state index < -0.39 is 0 Å². The monoisotopic (exact) mass is 278 g/mol. The molecule has 0 aliphatic rings. The van der Waals surface area contributed by atoms with Crippen molar-refractivity contribution in [1.29, 1.82) is 0 Å². The highest BCUT2D eigenvalue weighted by molar-refractivity contribution is 8.01. The largest absolute Gasteiger partial charge is 0.465 e. The minimum Gasteiger partial charge on any atom is -0.465 e. The first kappa shape index (κ1) is 13.2. The molecule has 0 fully saturated rings. The number of ether oxygens (including phenoxy) is 1. The molecule has 0 bridgehead atoms. The molecule has 1 aromatic heterocycles. The zero-order valence-electron chi connectivity index (χ0n) is 10.3. The maximum absolute atomic E-state index is 11.4. The van der Waals surface area contributed by atoms with Crippen LogP contribution in [0.2, 0.25) is 0 Å². The van der Waals surface area contributed by atoms with Gasteiger partial charge >= 0.3 is 5.97 Å². The summed E-state index contributed by atoms with van der Waals surface area (Å²) in [6.45, 7) is 2.15. The number of methoxy groups -OCH3 is 1. The van der Waals surface area contributed by atoms with Gasteiger partial charge in [0.2, 0.25) is 0 Å². The minimum absolute atomic E-state index is 0.294. The van der Waals surface area contributed by atoms with Crippen LogP contribution < -0.4 is 0 Å². The standard InChI is InChI=1S/C14H14O2S2/c1-3-11-7-8-13(17-11)18-12-6-4-5-10(9-12)14(15)16-2/h4-9H,3H2,1-2H3. The Morgan fingerprint density at radius 3 is 2.83 bits per heavy atom. The number of carbonyl (C=O) groups is 1. The molecule has 0 spiro atoms. The lowest BCUT2D eigenvalue weighted by Crippen LogP contribution is -2.00. The Balaban J connectivity index is 2.16. The second kappa shape index (κ2) is 6.07. The molecule has 0 atom stereocenters. The highest BCUT2D eigenvalue weighted by Crippen LogP contribution is 2.33. The molecule has 1 heterocycles. The predicted molar refractivity (Wildman–Crippen MR) is 75.6 cm³/mol. The molecule has 2 aromatic rings. The van der Waals surface area contributed by atoms with Crippen LogP contribution in [0.5, 0.6) is 0 Å². The Labute approximate surface area is 115 Å². The molecule has 94 valence electrons. The van der Waals surface area contributed by atoms with Crippen molar-refractivity contribution in [3.63, 3.8) is 0 Å². The third kappa shape index (κ3) is 3.15. The summed E-state index contributed by atoms with van der Waals surface area (Å²) >= 11 is 3.47. The van der Waals surface area contributed by atoms with E-state index in [9.17, 15) is 4.79 Å². The van der Waals surface area contributed by atoms with Crippen molar-refractivity contribution in [3.8, 4) is 0 Å². The highest BCUT2D eigenvalue weighted by Gasteiger charge is 2.07. The van der Waals surface area contributed by atoms with E-state index in [0.29, 0.717) is 5.56 Å². The minimum atomic E-state index is -0.294. The molecule has 4 heteroatoms. The van der Waals surface area contributed by atoms with Crippen LogP contribution in [0.1, 0.15) is 22.2 Å². The number of rotatable bonds is 4. The molecule has 2 rings (SSSR count). The van der Waals surface area contributed by atoms with Gasteiger partial charge in [-0.15, -0.1) is 11.3 Å². The zero-order chi connectivity index (χ0) is 13.0. The molecule has 1 aromatic carbocycles. The highest BCUT2D eigenvalue weighted by atomic mass is 32.2. The van der Waals surface area contributed by atoms with E-state index in [1.54, 1.807) is 29.2 Å². The number of benzene rings is 1. The van der Waals surface area contributed by atoms with Gasteiger partial charge in [0.05, 0.1) is 16.9 Å². The first-order chi connectivity index (χ1) is 8.72. The average molecular weight is 278 g/mol. The smallest absolute Gasteiger partial charge is 0.337 e. The Kier molecular flexibility index (Phi) is 4.44. The van der Waals surface area contributed by atoms with Gasteiger partial charge < -0.3 is 4.74 Å². The normalized spacial score (nSPS) is 10.3. The molecule has 0 unspecified atom stereocenters. The number of esters is 1. The van der Waals surface area contributed by atoms with Crippen LogP contribution in [0.4, 0.5) is 0 Å². The number of hydrogen-bond donors (Lipinski definition) is 0. The molecule has 0 N–H and O–H groups in total. The van der Waals surface area contributed by atoms with Crippen molar-refractivity contribution in [2.75, 3.05) is 7.11 Å². The average Bonchev–Trinajstić information content (AvgIpc) is 2.86. The summed E-state index contributed by atoms with van der Waals surface area (Å²) in [5, 5.41) is 0.